The lowest BCUT2D eigenvalue weighted by Gasteiger charge is -2.28. The lowest BCUT2D eigenvalue weighted by Crippen LogP contribution is -2.62. The van der Waals surface area contributed by atoms with E-state index in [1.165, 1.54) is 12.5 Å². The van der Waals surface area contributed by atoms with Crippen LogP contribution in [0, 0.1) is 0 Å². The lowest BCUT2D eigenvalue weighted by molar-refractivity contribution is -0.142. The smallest absolute Gasteiger partial charge is 0.326 e. The van der Waals surface area contributed by atoms with E-state index in [-0.39, 0.29) is 44.7 Å². The molecule has 0 saturated heterocycles. The van der Waals surface area contributed by atoms with E-state index in [4.69, 9.17) is 22.9 Å². The molecular weight excluding hydrogens is 843 g/mol. The molecule has 6 amide bonds. The molecule has 0 aromatic carbocycles. The van der Waals surface area contributed by atoms with Gasteiger partial charge < -0.3 is 80.2 Å². The van der Waals surface area contributed by atoms with Crippen molar-refractivity contribution in [3.8, 4) is 0 Å². The van der Waals surface area contributed by atoms with E-state index in [9.17, 15) is 63.6 Å². The largest absolute Gasteiger partial charge is 0.481 e. The fourth-order valence-electron chi connectivity index (χ4n) is 5.53. The van der Waals surface area contributed by atoms with Gasteiger partial charge in [0.2, 0.25) is 35.4 Å². The van der Waals surface area contributed by atoms with Crippen LogP contribution in [0.3, 0.4) is 0 Å². The summed E-state index contributed by atoms with van der Waals surface area (Å²) >= 11 is 4.09. The van der Waals surface area contributed by atoms with Crippen molar-refractivity contribution in [1.29, 1.82) is 0 Å². The van der Waals surface area contributed by atoms with Crippen LogP contribution in [0.1, 0.15) is 70.4 Å². The topological polar surface area (TPSA) is 452 Å². The van der Waals surface area contributed by atoms with Gasteiger partial charge in [-0.15, -0.1) is 0 Å². The number of nitrogens with two attached hydrogens (primary N) is 4. The first-order valence-electron chi connectivity index (χ1n) is 19.5. The quantitative estimate of drug-likeness (QED) is 0.0143. The van der Waals surface area contributed by atoms with Gasteiger partial charge in [-0.3, -0.25) is 43.3 Å². The summed E-state index contributed by atoms with van der Waals surface area (Å²) in [5, 5.41) is 52.7. The monoisotopic (exact) mass is 901 g/mol. The van der Waals surface area contributed by atoms with Gasteiger partial charge in [0.1, 0.15) is 36.3 Å². The Morgan fingerprint density at radius 2 is 1.19 bits per heavy atom. The van der Waals surface area contributed by atoms with Gasteiger partial charge >= 0.3 is 17.9 Å². The molecule has 1 aromatic heterocycles. The van der Waals surface area contributed by atoms with Crippen molar-refractivity contribution in [2.45, 2.75) is 120 Å². The standard InChI is InChI=1S/C35H59N13O13S/c1-17(49)27(48-31(57)22(8-10-26(52)53)43-28(54)19(37)13-18-14-40-16-42-18)33(59)47-24(15-62)32(58)45-21(7-9-25(50)51)30(56)44-20(5-2-3-11-36)29(55)46-23(34(60)61)6-4-12-41-35(38)39/h14,16-17,19-24,27,49,62H,2-13,15,36-37H2,1H3,(H,40,42)(H,43,54)(H,44,56)(H,45,58)(H,46,55)(H,47,59)(H,48,57)(H,50,51)(H,52,53)(H,60,61)(H4,38,39,41)/t17-,19+,20+,21+,22+,23+,24+,27+/m1/s1. The molecule has 26 nitrogen and oxygen atoms in total. The third-order valence-corrected chi connectivity index (χ3v) is 9.27. The summed E-state index contributed by atoms with van der Waals surface area (Å²) in [4.78, 5) is 125. The first kappa shape index (κ1) is 54.0. The summed E-state index contributed by atoms with van der Waals surface area (Å²) in [5.74, 6) is -10.8. The predicted molar refractivity (Wildman–Crippen MR) is 222 cm³/mol. The van der Waals surface area contributed by atoms with Crippen molar-refractivity contribution in [3.63, 3.8) is 0 Å². The molecule has 0 unspecified atom stereocenters. The Labute approximate surface area is 361 Å². The average molecular weight is 902 g/mol. The van der Waals surface area contributed by atoms with Crippen LogP contribution in [0.4, 0.5) is 0 Å². The van der Waals surface area contributed by atoms with E-state index in [0.29, 0.717) is 18.5 Å². The summed E-state index contributed by atoms with van der Waals surface area (Å²) in [5.41, 5.74) is 22.6. The number of imidazole rings is 1. The number of hydrogen-bond donors (Lipinski definition) is 16. The number of aliphatic carboxylic acids is 3. The number of aromatic nitrogens is 2. The second kappa shape index (κ2) is 28.5. The van der Waals surface area contributed by atoms with Crippen LogP contribution in [0.25, 0.3) is 0 Å². The number of aromatic amines is 1. The molecule has 0 bridgehead atoms. The number of guanidine groups is 1. The number of aliphatic imine (C=N–C) groups is 1. The Hall–Kier alpha value is -6.06. The fourth-order valence-corrected chi connectivity index (χ4v) is 5.79. The molecule has 348 valence electrons. The van der Waals surface area contributed by atoms with E-state index >= 15 is 0 Å². The zero-order valence-corrected chi connectivity index (χ0v) is 35.0. The summed E-state index contributed by atoms with van der Waals surface area (Å²) in [7, 11) is 0. The number of carbonyl (C=O) groups excluding carboxylic acids is 6. The number of H-pyrrole nitrogens is 1. The molecule has 0 aliphatic heterocycles. The molecule has 1 aromatic rings. The van der Waals surface area contributed by atoms with Crippen molar-refractivity contribution in [2.75, 3.05) is 18.8 Å². The number of amides is 6. The van der Waals surface area contributed by atoms with Gasteiger partial charge in [0.25, 0.3) is 0 Å². The first-order valence-corrected chi connectivity index (χ1v) is 20.1. The van der Waals surface area contributed by atoms with Crippen molar-refractivity contribution < 1.29 is 63.6 Å². The van der Waals surface area contributed by atoms with Gasteiger partial charge in [0.15, 0.2) is 5.96 Å². The molecule has 0 radical (unpaired) electrons. The lowest BCUT2D eigenvalue weighted by atomic mass is 10.0. The molecule has 19 N–H and O–H groups in total. The number of nitrogens with one attached hydrogen (secondary N) is 7. The number of carbonyl (C=O) groups is 9. The summed E-state index contributed by atoms with van der Waals surface area (Å²) in [6.07, 6.45) is -0.335. The van der Waals surface area contributed by atoms with Gasteiger partial charge in [0.05, 0.1) is 18.5 Å². The summed E-state index contributed by atoms with van der Waals surface area (Å²) in [6.45, 7) is 1.41. The molecule has 27 heteroatoms. The Bertz CT molecular complexity index is 1700. The molecule has 8 atom stereocenters. The molecule has 1 heterocycles. The van der Waals surface area contributed by atoms with Crippen LogP contribution in [-0.2, 0) is 49.6 Å². The SMILES string of the molecule is C[C@@H](O)[C@H](NC(=O)[C@H](CCC(=O)O)NC(=O)[C@@H](N)Cc1cnc[nH]1)C(=O)N[C@@H](CS)C(=O)N[C@@H](CCC(=O)O)C(=O)N[C@@H](CCCCN)C(=O)N[C@@H](CCCN=C(N)N)C(=O)O. The normalized spacial score (nSPS) is 14.8. The number of thiol groups is 1. The molecule has 62 heavy (non-hydrogen) atoms. The highest BCUT2D eigenvalue weighted by Crippen LogP contribution is 2.09. The Morgan fingerprint density at radius 1 is 0.710 bits per heavy atom. The van der Waals surface area contributed by atoms with E-state index in [1.54, 1.807) is 0 Å². The molecule has 0 saturated carbocycles. The Kier molecular flexibility index (Phi) is 24.8. The van der Waals surface area contributed by atoms with Gasteiger partial charge in [-0.1, -0.05) is 0 Å². The summed E-state index contributed by atoms with van der Waals surface area (Å²) < 4.78 is 0. The van der Waals surface area contributed by atoms with Crippen LogP contribution in [0.15, 0.2) is 17.5 Å². The Morgan fingerprint density at radius 3 is 1.66 bits per heavy atom. The van der Waals surface area contributed by atoms with E-state index < -0.39 is 133 Å². The third-order valence-electron chi connectivity index (χ3n) is 8.91. The number of nitrogens with zero attached hydrogens (tertiary/aromatic N) is 2. The van der Waals surface area contributed by atoms with Crippen molar-refractivity contribution in [2.24, 2.45) is 27.9 Å². The highest BCUT2D eigenvalue weighted by Gasteiger charge is 2.35. The predicted octanol–water partition coefficient (Wildman–Crippen LogP) is -5.50. The van der Waals surface area contributed by atoms with Gasteiger partial charge in [-0.2, -0.15) is 12.6 Å². The number of carboxylic acid groups (broad SMARTS) is 3. The van der Waals surface area contributed by atoms with E-state index in [0.717, 1.165) is 6.92 Å². The number of hydrogen-bond acceptors (Lipinski definition) is 15. The number of aliphatic hydroxyl groups is 1. The van der Waals surface area contributed by atoms with Gasteiger partial charge in [-0.05, 0) is 58.4 Å². The van der Waals surface area contributed by atoms with Crippen molar-refractivity contribution in [1.82, 2.24) is 41.9 Å². The second-order valence-electron chi connectivity index (χ2n) is 14.0. The zero-order valence-electron chi connectivity index (χ0n) is 34.1. The minimum atomic E-state index is -1.80. The Balaban J connectivity index is 3.20. The van der Waals surface area contributed by atoms with Crippen LogP contribution in [-0.4, -0.2) is 157 Å². The molecule has 0 spiro atoms. The number of carboxylic acids is 3. The average Bonchev–Trinajstić information content (AvgIpc) is 3.71. The minimum absolute atomic E-state index is 0.0224. The number of rotatable bonds is 31. The highest BCUT2D eigenvalue weighted by molar-refractivity contribution is 7.80. The fraction of sp³-hybridized carbons (Fsp3) is 0.629. The van der Waals surface area contributed by atoms with Gasteiger partial charge in [-0.25, -0.2) is 9.78 Å². The maximum Gasteiger partial charge on any atom is 0.326 e. The molecule has 0 fully saturated rings. The van der Waals surface area contributed by atoms with E-state index in [1.807, 2.05) is 0 Å². The maximum absolute atomic E-state index is 13.6. The van der Waals surface area contributed by atoms with Crippen LogP contribution < -0.4 is 54.8 Å². The molecule has 0 aliphatic carbocycles. The highest BCUT2D eigenvalue weighted by atomic mass is 32.1. The maximum atomic E-state index is 13.6. The van der Waals surface area contributed by atoms with E-state index in [2.05, 4.69) is 59.5 Å². The molecular formula is C35H59N13O13S. The number of unbranched alkanes of at least 4 members (excludes halogenated alkanes) is 1. The number of aliphatic hydroxyl groups excluding tert-OH is 1. The minimum Gasteiger partial charge on any atom is -0.481 e. The third kappa shape index (κ3) is 21.0. The van der Waals surface area contributed by atoms with Crippen LogP contribution >= 0.6 is 12.6 Å². The summed E-state index contributed by atoms with van der Waals surface area (Å²) in [6, 6.07) is -10.6. The van der Waals surface area contributed by atoms with Crippen LogP contribution in [0.5, 0.6) is 0 Å². The molecule has 1 rings (SSSR count). The van der Waals surface area contributed by atoms with Crippen molar-refractivity contribution >= 4 is 71.9 Å². The van der Waals surface area contributed by atoms with Crippen molar-refractivity contribution in [3.05, 3.63) is 18.2 Å². The first-order chi connectivity index (χ1) is 29.2. The molecule has 0 aliphatic rings. The van der Waals surface area contributed by atoms with Crippen LogP contribution in [0.2, 0.25) is 0 Å². The van der Waals surface area contributed by atoms with Gasteiger partial charge in [0, 0.05) is 43.5 Å². The zero-order chi connectivity index (χ0) is 46.9. The second-order valence-corrected chi connectivity index (χ2v) is 14.4.